The minimum absolute atomic E-state index is 0.581. The zero-order chi connectivity index (χ0) is 15.8. The van der Waals surface area contributed by atoms with E-state index >= 15 is 0 Å². The molecule has 0 heterocycles. The van der Waals surface area contributed by atoms with Crippen LogP contribution in [0.5, 0.6) is 0 Å². The summed E-state index contributed by atoms with van der Waals surface area (Å²) in [6.45, 7) is 5.21. The van der Waals surface area contributed by atoms with Crippen LogP contribution in [0.15, 0.2) is 59.5 Å². The van der Waals surface area contributed by atoms with Crippen molar-refractivity contribution in [3.8, 4) is 0 Å². The van der Waals surface area contributed by atoms with Crippen LogP contribution < -0.4 is 10.6 Å². The predicted molar refractivity (Wildman–Crippen MR) is 102 cm³/mol. The van der Waals surface area contributed by atoms with Crippen LogP contribution in [0.25, 0.3) is 0 Å². The summed E-state index contributed by atoms with van der Waals surface area (Å²) in [5, 5.41) is 7.10. The Labute approximate surface area is 142 Å². The summed E-state index contributed by atoms with van der Waals surface area (Å²) in [6.07, 6.45) is 0. The molecule has 0 saturated carbocycles. The van der Waals surface area contributed by atoms with Crippen molar-refractivity contribution >= 4 is 34.8 Å². The van der Waals surface area contributed by atoms with Crippen LogP contribution in [0.4, 0.5) is 5.69 Å². The predicted octanol–water partition coefficient (Wildman–Crippen LogP) is 4.92. The maximum Gasteiger partial charge on any atom is 0.170 e. The van der Waals surface area contributed by atoms with Crippen molar-refractivity contribution in [3.05, 3.63) is 60.2 Å². The van der Waals surface area contributed by atoms with Gasteiger partial charge in [0.2, 0.25) is 0 Å². The molecule has 2 nitrogen and oxygen atoms in total. The smallest absolute Gasteiger partial charge is 0.170 e. The van der Waals surface area contributed by atoms with Crippen molar-refractivity contribution in [2.24, 2.45) is 5.92 Å². The first-order valence-corrected chi connectivity index (χ1v) is 8.84. The van der Waals surface area contributed by atoms with Crippen LogP contribution in [0.1, 0.15) is 19.4 Å². The molecule has 116 valence electrons. The molecule has 2 rings (SSSR count). The van der Waals surface area contributed by atoms with Gasteiger partial charge < -0.3 is 10.6 Å². The first-order valence-electron chi connectivity index (χ1n) is 7.45. The summed E-state index contributed by atoms with van der Waals surface area (Å²) in [5.41, 5.74) is 2.33. The van der Waals surface area contributed by atoms with Gasteiger partial charge in [-0.2, -0.15) is 0 Å². The van der Waals surface area contributed by atoms with Crippen molar-refractivity contribution < 1.29 is 0 Å². The molecule has 2 aromatic carbocycles. The molecule has 0 aliphatic carbocycles. The van der Waals surface area contributed by atoms with Gasteiger partial charge in [0.05, 0.1) is 0 Å². The molecule has 2 aromatic rings. The first kappa shape index (κ1) is 16.8. The first-order chi connectivity index (χ1) is 10.6. The molecule has 0 unspecified atom stereocenters. The average molecular weight is 331 g/mol. The topological polar surface area (TPSA) is 24.1 Å². The highest BCUT2D eigenvalue weighted by Crippen LogP contribution is 2.23. The normalized spacial score (nSPS) is 10.5. The molecule has 0 aliphatic rings. The Kier molecular flexibility index (Phi) is 6.74. The average Bonchev–Trinajstić information content (AvgIpc) is 2.53. The van der Waals surface area contributed by atoms with Crippen LogP contribution in [-0.2, 0) is 5.75 Å². The largest absolute Gasteiger partial charge is 0.362 e. The molecular formula is C18H22N2S2. The van der Waals surface area contributed by atoms with E-state index in [0.717, 1.165) is 18.0 Å². The lowest BCUT2D eigenvalue weighted by molar-refractivity contribution is 0.627. The Morgan fingerprint density at radius 3 is 2.36 bits per heavy atom. The molecule has 4 heteroatoms. The third-order valence-corrected chi connectivity index (χ3v) is 4.36. The number of nitrogens with one attached hydrogen (secondary N) is 2. The van der Waals surface area contributed by atoms with E-state index in [1.165, 1.54) is 10.5 Å². The van der Waals surface area contributed by atoms with Gasteiger partial charge in [0, 0.05) is 22.9 Å². The number of hydrogen-bond acceptors (Lipinski definition) is 2. The molecule has 0 aromatic heterocycles. The van der Waals surface area contributed by atoms with Gasteiger partial charge >= 0.3 is 0 Å². The van der Waals surface area contributed by atoms with Crippen molar-refractivity contribution in [1.82, 2.24) is 5.32 Å². The summed E-state index contributed by atoms with van der Waals surface area (Å²) in [6, 6.07) is 18.9. The third kappa shape index (κ3) is 6.08. The summed E-state index contributed by atoms with van der Waals surface area (Å²) in [5.74, 6) is 1.55. The second-order valence-electron chi connectivity index (χ2n) is 5.53. The number of anilines is 1. The maximum atomic E-state index is 5.28. The van der Waals surface area contributed by atoms with E-state index in [1.807, 2.05) is 17.8 Å². The molecule has 0 atom stereocenters. The fourth-order valence-corrected chi connectivity index (χ4v) is 2.92. The number of benzene rings is 2. The minimum Gasteiger partial charge on any atom is -0.362 e. The highest BCUT2D eigenvalue weighted by Gasteiger charge is 2.00. The standard InChI is InChI=1S/C18H22N2S2/c1-14(2)12-19-18(21)20-16-10-8-15(9-11-16)13-22-17-6-4-3-5-7-17/h3-11,14H,12-13H2,1-2H3,(H2,19,20,21). The third-order valence-electron chi connectivity index (χ3n) is 3.03. The lowest BCUT2D eigenvalue weighted by Crippen LogP contribution is -2.31. The van der Waals surface area contributed by atoms with Crippen molar-refractivity contribution in [2.75, 3.05) is 11.9 Å². The monoisotopic (exact) mass is 330 g/mol. The van der Waals surface area contributed by atoms with Gasteiger partial charge in [-0.05, 0) is 48.0 Å². The summed E-state index contributed by atoms with van der Waals surface area (Å²) in [7, 11) is 0. The molecule has 2 N–H and O–H groups in total. The van der Waals surface area contributed by atoms with Gasteiger partial charge in [-0.3, -0.25) is 0 Å². The SMILES string of the molecule is CC(C)CNC(=S)Nc1ccc(CSc2ccccc2)cc1. The van der Waals surface area contributed by atoms with Gasteiger partial charge in [0.15, 0.2) is 5.11 Å². The zero-order valence-corrected chi connectivity index (χ0v) is 14.6. The van der Waals surface area contributed by atoms with E-state index < -0.39 is 0 Å². The van der Waals surface area contributed by atoms with E-state index in [1.54, 1.807) is 0 Å². The van der Waals surface area contributed by atoms with Crippen molar-refractivity contribution in [3.63, 3.8) is 0 Å². The molecule has 0 aliphatic heterocycles. The number of hydrogen-bond donors (Lipinski definition) is 2. The lowest BCUT2D eigenvalue weighted by atomic mass is 10.2. The Bertz CT molecular complexity index is 580. The van der Waals surface area contributed by atoms with E-state index in [4.69, 9.17) is 12.2 Å². The molecule has 0 amide bonds. The fraction of sp³-hybridized carbons (Fsp3) is 0.278. The van der Waals surface area contributed by atoms with Gasteiger partial charge in [-0.1, -0.05) is 44.2 Å². The highest BCUT2D eigenvalue weighted by atomic mass is 32.2. The van der Waals surface area contributed by atoms with E-state index in [-0.39, 0.29) is 0 Å². The number of thioether (sulfide) groups is 1. The van der Waals surface area contributed by atoms with Crippen molar-refractivity contribution in [2.45, 2.75) is 24.5 Å². The number of rotatable bonds is 6. The molecule has 0 radical (unpaired) electrons. The van der Waals surface area contributed by atoms with Gasteiger partial charge in [-0.15, -0.1) is 11.8 Å². The second kappa shape index (κ2) is 8.81. The summed E-state index contributed by atoms with van der Waals surface area (Å²) in [4.78, 5) is 1.30. The van der Waals surface area contributed by atoms with Crippen LogP contribution >= 0.6 is 24.0 Å². The Morgan fingerprint density at radius 2 is 1.73 bits per heavy atom. The van der Waals surface area contributed by atoms with Crippen molar-refractivity contribution in [1.29, 1.82) is 0 Å². The van der Waals surface area contributed by atoms with E-state index in [2.05, 4.69) is 73.0 Å². The molecule has 0 bridgehead atoms. The highest BCUT2D eigenvalue weighted by molar-refractivity contribution is 7.98. The van der Waals surface area contributed by atoms with Crippen LogP contribution in [0.2, 0.25) is 0 Å². The summed E-state index contributed by atoms with van der Waals surface area (Å²) < 4.78 is 0. The molecule has 0 saturated heterocycles. The minimum atomic E-state index is 0.581. The van der Waals surface area contributed by atoms with Crippen LogP contribution in [0.3, 0.4) is 0 Å². The zero-order valence-electron chi connectivity index (χ0n) is 13.0. The lowest BCUT2D eigenvalue weighted by Gasteiger charge is -2.12. The van der Waals surface area contributed by atoms with Crippen LogP contribution in [-0.4, -0.2) is 11.7 Å². The summed E-state index contributed by atoms with van der Waals surface area (Å²) >= 11 is 7.12. The Hall–Kier alpha value is -1.52. The maximum absolute atomic E-state index is 5.28. The second-order valence-corrected chi connectivity index (χ2v) is 6.98. The Balaban J connectivity index is 1.81. The fourth-order valence-electron chi connectivity index (χ4n) is 1.84. The van der Waals surface area contributed by atoms with E-state index in [9.17, 15) is 0 Å². The van der Waals surface area contributed by atoms with Crippen LogP contribution in [0, 0.1) is 5.92 Å². The molecule has 0 fully saturated rings. The van der Waals surface area contributed by atoms with Gasteiger partial charge in [-0.25, -0.2) is 0 Å². The molecule has 0 spiro atoms. The molecule has 22 heavy (non-hydrogen) atoms. The molecular weight excluding hydrogens is 308 g/mol. The van der Waals surface area contributed by atoms with E-state index in [0.29, 0.717) is 11.0 Å². The Morgan fingerprint density at radius 1 is 1.05 bits per heavy atom. The van der Waals surface area contributed by atoms with Gasteiger partial charge in [0.1, 0.15) is 0 Å². The quantitative estimate of drug-likeness (QED) is 0.580. The van der Waals surface area contributed by atoms with Gasteiger partial charge in [0.25, 0.3) is 0 Å². The number of thiocarbonyl (C=S) groups is 1.